The van der Waals surface area contributed by atoms with Gasteiger partial charge in [0, 0.05) is 50.8 Å². The quantitative estimate of drug-likeness (QED) is 0.111. The molecule has 3 amide bonds. The van der Waals surface area contributed by atoms with Crippen LogP contribution in [0.25, 0.3) is 0 Å². The molecule has 0 aliphatic carbocycles. The number of aliphatic imine (C=N–C) groups is 1. The lowest BCUT2D eigenvalue weighted by Gasteiger charge is -2.12. The molecule has 1 aromatic carbocycles. The monoisotopic (exact) mass is 599 g/mol. The van der Waals surface area contributed by atoms with E-state index >= 15 is 0 Å². The largest absolute Gasteiger partial charge is 0.383 e. The molecule has 0 radical (unpaired) electrons. The number of nitrogens with two attached hydrogens (primary N) is 1. The van der Waals surface area contributed by atoms with E-state index in [-0.39, 0.29) is 23.8 Å². The number of hydrogen-bond acceptors (Lipinski definition) is 5. The molecule has 0 unspecified atom stereocenters. The average molecular weight is 600 g/mol. The molecule has 0 fully saturated rings. The molecule has 232 valence electrons. The first-order valence-electron chi connectivity index (χ1n) is 14.4. The zero-order valence-corrected chi connectivity index (χ0v) is 26.1. The maximum Gasteiger partial charge on any atom is 0.272 e. The van der Waals surface area contributed by atoms with Gasteiger partial charge in [-0.15, -0.1) is 0 Å². The van der Waals surface area contributed by atoms with Crippen LogP contribution < -0.4 is 21.7 Å². The van der Waals surface area contributed by atoms with Crippen LogP contribution in [0.4, 0.5) is 17.1 Å². The summed E-state index contributed by atoms with van der Waals surface area (Å²) in [7, 11) is 7.48. The van der Waals surface area contributed by atoms with Gasteiger partial charge in [-0.25, -0.2) is 4.99 Å². The van der Waals surface area contributed by atoms with Gasteiger partial charge in [0.2, 0.25) is 0 Å². The van der Waals surface area contributed by atoms with E-state index in [1.807, 2.05) is 58.3 Å². The Labute approximate surface area is 257 Å². The van der Waals surface area contributed by atoms with E-state index in [1.54, 1.807) is 64.6 Å². The molecule has 12 heteroatoms. The Morgan fingerprint density at radius 2 is 1.43 bits per heavy atom. The molecule has 44 heavy (non-hydrogen) atoms. The number of rotatable bonds is 12. The van der Waals surface area contributed by atoms with Crippen LogP contribution in [0.15, 0.2) is 72.1 Å². The Kier molecular flexibility index (Phi) is 10.1. The van der Waals surface area contributed by atoms with Crippen LogP contribution in [0.3, 0.4) is 0 Å². The van der Waals surface area contributed by atoms with Crippen LogP contribution in [0.1, 0.15) is 63.3 Å². The van der Waals surface area contributed by atoms with E-state index in [0.29, 0.717) is 46.5 Å². The van der Waals surface area contributed by atoms with Crippen molar-refractivity contribution < 1.29 is 14.4 Å². The lowest BCUT2D eigenvalue weighted by molar-refractivity contribution is 0.0942. The molecule has 0 aliphatic rings. The third-order valence-corrected chi connectivity index (χ3v) is 7.00. The summed E-state index contributed by atoms with van der Waals surface area (Å²) in [6.07, 6.45) is 5.98. The SMILES string of the molecule is CC(C)n1cc(NC(=O)c2cc(N=C(N)c3ccccc3)cn2C)cc1C(=O)Nc1cc(C(=O)NCCCN(C)C)n(C)c1. The smallest absolute Gasteiger partial charge is 0.272 e. The Morgan fingerprint density at radius 3 is 2.09 bits per heavy atom. The predicted octanol–water partition coefficient (Wildman–Crippen LogP) is 3.97. The summed E-state index contributed by atoms with van der Waals surface area (Å²) in [6, 6.07) is 14.3. The van der Waals surface area contributed by atoms with E-state index in [1.165, 1.54) is 0 Å². The topological polar surface area (TPSA) is 144 Å². The third kappa shape index (κ3) is 7.84. The molecule has 0 spiro atoms. The Morgan fingerprint density at radius 1 is 0.841 bits per heavy atom. The number of carbonyl (C=O) groups excluding carboxylic acids is 3. The van der Waals surface area contributed by atoms with Gasteiger partial charge in [-0.2, -0.15) is 0 Å². The van der Waals surface area contributed by atoms with Crippen molar-refractivity contribution >= 4 is 40.6 Å². The maximum atomic E-state index is 13.4. The predicted molar refractivity (Wildman–Crippen MR) is 174 cm³/mol. The molecule has 0 saturated carbocycles. The van der Waals surface area contributed by atoms with Crippen molar-refractivity contribution in [3.8, 4) is 0 Å². The molecule has 5 N–H and O–H groups in total. The van der Waals surface area contributed by atoms with Crippen molar-refractivity contribution in [3.63, 3.8) is 0 Å². The second kappa shape index (κ2) is 13.9. The summed E-state index contributed by atoms with van der Waals surface area (Å²) in [5.41, 5.74) is 9.62. The van der Waals surface area contributed by atoms with E-state index < -0.39 is 0 Å². The van der Waals surface area contributed by atoms with E-state index in [4.69, 9.17) is 5.73 Å². The van der Waals surface area contributed by atoms with Gasteiger partial charge in [0.25, 0.3) is 17.7 Å². The van der Waals surface area contributed by atoms with Gasteiger partial charge < -0.3 is 40.3 Å². The lowest BCUT2D eigenvalue weighted by Crippen LogP contribution is -2.28. The summed E-state index contributed by atoms with van der Waals surface area (Å²) in [5, 5.41) is 8.69. The first-order valence-corrected chi connectivity index (χ1v) is 14.4. The van der Waals surface area contributed by atoms with Gasteiger partial charge in [-0.3, -0.25) is 14.4 Å². The number of anilines is 2. The fourth-order valence-electron chi connectivity index (χ4n) is 4.74. The van der Waals surface area contributed by atoms with Crippen LogP contribution in [-0.2, 0) is 14.1 Å². The molecule has 4 aromatic rings. The molecule has 0 aliphatic heterocycles. The summed E-state index contributed by atoms with van der Waals surface area (Å²) >= 11 is 0. The zero-order chi connectivity index (χ0) is 32.0. The highest BCUT2D eigenvalue weighted by Crippen LogP contribution is 2.23. The number of carbonyl (C=O) groups is 3. The number of nitrogens with one attached hydrogen (secondary N) is 3. The molecule has 12 nitrogen and oxygen atoms in total. The molecule has 0 atom stereocenters. The molecule has 3 heterocycles. The molecule has 0 saturated heterocycles. The van der Waals surface area contributed by atoms with E-state index in [9.17, 15) is 14.4 Å². The average Bonchev–Trinajstić information content (AvgIpc) is 3.67. The van der Waals surface area contributed by atoms with Crippen LogP contribution >= 0.6 is 0 Å². The highest BCUT2D eigenvalue weighted by atomic mass is 16.2. The lowest BCUT2D eigenvalue weighted by atomic mass is 10.2. The first-order chi connectivity index (χ1) is 20.9. The number of amidine groups is 1. The Bertz CT molecular complexity index is 1660. The molecular weight excluding hydrogens is 558 g/mol. The van der Waals surface area contributed by atoms with Crippen molar-refractivity contribution in [2.24, 2.45) is 24.8 Å². The number of aryl methyl sites for hydroxylation is 2. The fraction of sp³-hybridized carbons (Fsp3) is 0.312. The maximum absolute atomic E-state index is 13.4. The zero-order valence-electron chi connectivity index (χ0n) is 26.1. The van der Waals surface area contributed by atoms with Crippen molar-refractivity contribution in [2.75, 3.05) is 37.8 Å². The highest BCUT2D eigenvalue weighted by molar-refractivity contribution is 6.07. The fourth-order valence-corrected chi connectivity index (χ4v) is 4.74. The number of benzene rings is 1. The molecule has 4 rings (SSSR count). The minimum atomic E-state index is -0.366. The Balaban J connectivity index is 1.45. The van der Waals surface area contributed by atoms with E-state index in [0.717, 1.165) is 18.5 Å². The third-order valence-electron chi connectivity index (χ3n) is 7.00. The number of hydrogen-bond donors (Lipinski definition) is 4. The van der Waals surface area contributed by atoms with Crippen molar-refractivity contribution in [2.45, 2.75) is 26.3 Å². The summed E-state index contributed by atoms with van der Waals surface area (Å²) < 4.78 is 5.13. The Hall–Kier alpha value is -5.10. The highest BCUT2D eigenvalue weighted by Gasteiger charge is 2.20. The van der Waals surface area contributed by atoms with Crippen molar-refractivity contribution in [1.29, 1.82) is 0 Å². The van der Waals surface area contributed by atoms with Gasteiger partial charge in [0.05, 0.1) is 17.1 Å². The van der Waals surface area contributed by atoms with Gasteiger partial charge in [0.1, 0.15) is 22.9 Å². The number of nitrogens with zero attached hydrogens (tertiary/aromatic N) is 5. The van der Waals surface area contributed by atoms with Gasteiger partial charge in [-0.05, 0) is 59.1 Å². The standard InChI is InChI=1S/C32H41N9O3/c1-21(2)41-20-25(37-31(43)27-15-23(18-40(27)6)35-29(33)22-11-8-7-9-12-22)17-28(41)32(44)36-24-16-26(39(5)19-24)30(42)34-13-10-14-38(3)4/h7-9,11-12,15-21H,10,13-14H2,1-6H3,(H2,33,35)(H,34,42)(H,36,44)(H,37,43). The van der Waals surface area contributed by atoms with Crippen LogP contribution in [0.5, 0.6) is 0 Å². The van der Waals surface area contributed by atoms with Gasteiger partial charge >= 0.3 is 0 Å². The van der Waals surface area contributed by atoms with Gasteiger partial charge in [-0.1, -0.05) is 30.3 Å². The van der Waals surface area contributed by atoms with Gasteiger partial charge in [0.15, 0.2) is 0 Å². The molecule has 3 aromatic heterocycles. The van der Waals surface area contributed by atoms with Crippen molar-refractivity contribution in [3.05, 3.63) is 89.8 Å². The van der Waals surface area contributed by atoms with Crippen LogP contribution in [0, 0.1) is 0 Å². The summed E-state index contributed by atoms with van der Waals surface area (Å²) in [5.74, 6) is -0.586. The number of aromatic nitrogens is 3. The summed E-state index contributed by atoms with van der Waals surface area (Å²) in [6.45, 7) is 5.32. The summed E-state index contributed by atoms with van der Waals surface area (Å²) in [4.78, 5) is 45.8. The van der Waals surface area contributed by atoms with Crippen molar-refractivity contribution in [1.82, 2.24) is 23.9 Å². The number of amides is 3. The minimum absolute atomic E-state index is 0.0578. The van der Waals surface area contributed by atoms with Crippen LogP contribution in [-0.4, -0.2) is 69.3 Å². The second-order valence-corrected chi connectivity index (χ2v) is 11.2. The van der Waals surface area contributed by atoms with Crippen LogP contribution in [0.2, 0.25) is 0 Å². The van der Waals surface area contributed by atoms with E-state index in [2.05, 4.69) is 25.8 Å². The minimum Gasteiger partial charge on any atom is -0.383 e. The normalized spacial score (nSPS) is 11.7. The first kappa shape index (κ1) is 31.8. The molecular formula is C32H41N9O3. The second-order valence-electron chi connectivity index (χ2n) is 11.2. The molecule has 0 bridgehead atoms.